The van der Waals surface area contributed by atoms with Crippen LogP contribution >= 0.6 is 12.4 Å². The Hall–Kier alpha value is -2.60. The maximum Gasteiger partial charge on any atom is 0.220 e. The first kappa shape index (κ1) is 22.4. The molecular weight excluding hydrogens is 368 g/mol. The first-order chi connectivity index (χ1) is 12.6. The number of anilines is 1. The van der Waals surface area contributed by atoms with Crippen molar-refractivity contribution < 1.29 is 19.0 Å². The van der Waals surface area contributed by atoms with E-state index in [1.165, 1.54) is 0 Å². The number of methoxy groups -OCH3 is 2. The third-order valence-electron chi connectivity index (χ3n) is 3.91. The molecule has 2 aromatic rings. The van der Waals surface area contributed by atoms with Crippen LogP contribution in [0.4, 0.5) is 5.69 Å². The standard InChI is InChI=1S/C20H26N2O4.ClH/c1-24-16-12-17(25-2)14-18(13-16)26-11-5-10-22-20(23)9-8-15-6-3-4-7-19(15)21;/h3-4,6-7,12-14H,5,8-11,21H2,1-2H3,(H,22,23);1H. The maximum absolute atomic E-state index is 11.9. The molecule has 0 bridgehead atoms. The van der Waals surface area contributed by atoms with E-state index in [4.69, 9.17) is 19.9 Å². The summed E-state index contributed by atoms with van der Waals surface area (Å²) in [4.78, 5) is 11.9. The van der Waals surface area contributed by atoms with Gasteiger partial charge in [0.25, 0.3) is 0 Å². The first-order valence-corrected chi connectivity index (χ1v) is 8.58. The van der Waals surface area contributed by atoms with Gasteiger partial charge in [-0.15, -0.1) is 12.4 Å². The Labute approximate surface area is 166 Å². The van der Waals surface area contributed by atoms with Crippen molar-refractivity contribution >= 4 is 24.0 Å². The summed E-state index contributed by atoms with van der Waals surface area (Å²) in [6.07, 6.45) is 1.76. The van der Waals surface area contributed by atoms with Crippen molar-refractivity contribution in [1.29, 1.82) is 0 Å². The number of carbonyl (C=O) groups is 1. The third kappa shape index (κ3) is 7.66. The molecule has 0 aliphatic heterocycles. The van der Waals surface area contributed by atoms with Gasteiger partial charge < -0.3 is 25.3 Å². The normalized spacial score (nSPS) is 9.85. The van der Waals surface area contributed by atoms with Crippen molar-refractivity contribution in [2.24, 2.45) is 0 Å². The van der Waals surface area contributed by atoms with E-state index in [1.54, 1.807) is 32.4 Å². The predicted molar refractivity (Wildman–Crippen MR) is 109 cm³/mol. The minimum absolute atomic E-state index is 0. The number of aryl methyl sites for hydroxylation is 1. The molecule has 0 aliphatic rings. The number of para-hydroxylation sites is 1. The van der Waals surface area contributed by atoms with Crippen LogP contribution in [-0.4, -0.2) is 33.3 Å². The minimum Gasteiger partial charge on any atom is -0.496 e. The lowest BCUT2D eigenvalue weighted by Gasteiger charge is -2.11. The van der Waals surface area contributed by atoms with Crippen LogP contribution < -0.4 is 25.3 Å². The maximum atomic E-state index is 11.9. The number of nitrogen functional groups attached to an aromatic ring is 1. The molecule has 0 aliphatic carbocycles. The number of nitrogens with two attached hydrogens (primary N) is 1. The fourth-order valence-corrected chi connectivity index (χ4v) is 2.45. The molecule has 0 radical (unpaired) electrons. The van der Waals surface area contributed by atoms with Gasteiger partial charge in [-0.3, -0.25) is 4.79 Å². The number of ether oxygens (including phenoxy) is 3. The second-order valence-corrected chi connectivity index (χ2v) is 5.80. The summed E-state index contributed by atoms with van der Waals surface area (Å²) in [5.74, 6) is 2.03. The van der Waals surface area contributed by atoms with Gasteiger partial charge in [-0.2, -0.15) is 0 Å². The quantitative estimate of drug-likeness (QED) is 0.477. The Morgan fingerprint density at radius 2 is 1.67 bits per heavy atom. The fourth-order valence-electron chi connectivity index (χ4n) is 2.45. The number of rotatable bonds is 10. The molecule has 3 N–H and O–H groups in total. The molecule has 0 aromatic heterocycles. The van der Waals surface area contributed by atoms with E-state index in [2.05, 4.69) is 5.32 Å². The summed E-state index contributed by atoms with van der Waals surface area (Å²) in [5.41, 5.74) is 7.60. The van der Waals surface area contributed by atoms with Gasteiger partial charge in [0.1, 0.15) is 17.2 Å². The lowest BCUT2D eigenvalue weighted by atomic mass is 10.1. The van der Waals surface area contributed by atoms with Crippen molar-refractivity contribution in [3.63, 3.8) is 0 Å². The largest absolute Gasteiger partial charge is 0.496 e. The van der Waals surface area contributed by atoms with E-state index >= 15 is 0 Å². The molecule has 2 rings (SSSR count). The second-order valence-electron chi connectivity index (χ2n) is 5.80. The molecule has 1 amide bonds. The van der Waals surface area contributed by atoms with E-state index in [0.29, 0.717) is 49.7 Å². The van der Waals surface area contributed by atoms with E-state index < -0.39 is 0 Å². The molecule has 0 saturated carbocycles. The number of hydrogen-bond acceptors (Lipinski definition) is 5. The van der Waals surface area contributed by atoms with Crippen LogP contribution in [0, 0.1) is 0 Å². The van der Waals surface area contributed by atoms with E-state index in [1.807, 2.05) is 24.3 Å². The highest BCUT2D eigenvalue weighted by atomic mass is 35.5. The van der Waals surface area contributed by atoms with Crippen LogP contribution in [0.15, 0.2) is 42.5 Å². The summed E-state index contributed by atoms with van der Waals surface area (Å²) in [7, 11) is 3.19. The van der Waals surface area contributed by atoms with Gasteiger partial charge in [0.05, 0.1) is 20.8 Å². The van der Waals surface area contributed by atoms with Crippen molar-refractivity contribution in [3.8, 4) is 17.2 Å². The molecule has 148 valence electrons. The fraction of sp³-hybridized carbons (Fsp3) is 0.350. The van der Waals surface area contributed by atoms with Crippen LogP contribution in [0.25, 0.3) is 0 Å². The Balaban J connectivity index is 0.00000364. The van der Waals surface area contributed by atoms with Crippen LogP contribution in [0.1, 0.15) is 18.4 Å². The minimum atomic E-state index is 0. The van der Waals surface area contributed by atoms with Gasteiger partial charge in [0, 0.05) is 36.9 Å². The molecule has 27 heavy (non-hydrogen) atoms. The highest BCUT2D eigenvalue weighted by Gasteiger charge is 2.05. The second kappa shape index (κ2) is 11.9. The SMILES string of the molecule is COc1cc(OC)cc(OCCCNC(=O)CCc2ccccc2N)c1.Cl. The first-order valence-electron chi connectivity index (χ1n) is 8.58. The van der Waals surface area contributed by atoms with Gasteiger partial charge in [0.2, 0.25) is 5.91 Å². The Morgan fingerprint density at radius 3 is 2.30 bits per heavy atom. The van der Waals surface area contributed by atoms with Crippen molar-refractivity contribution in [2.75, 3.05) is 33.1 Å². The van der Waals surface area contributed by atoms with E-state index in [0.717, 1.165) is 11.3 Å². The van der Waals surface area contributed by atoms with Crippen LogP contribution in [0.2, 0.25) is 0 Å². The Morgan fingerprint density at radius 1 is 1.04 bits per heavy atom. The molecule has 6 nitrogen and oxygen atoms in total. The Bertz CT molecular complexity index is 703. The molecule has 0 atom stereocenters. The number of carbonyl (C=O) groups excluding carboxylic acids is 1. The summed E-state index contributed by atoms with van der Waals surface area (Å²) in [5, 5.41) is 2.89. The summed E-state index contributed by atoms with van der Waals surface area (Å²) in [6, 6.07) is 13.0. The van der Waals surface area contributed by atoms with Crippen LogP contribution in [0.3, 0.4) is 0 Å². The summed E-state index contributed by atoms with van der Waals surface area (Å²) >= 11 is 0. The number of amides is 1. The number of hydrogen-bond donors (Lipinski definition) is 2. The highest BCUT2D eigenvalue weighted by molar-refractivity contribution is 5.85. The zero-order valence-electron chi connectivity index (χ0n) is 15.7. The molecule has 7 heteroatoms. The molecule has 0 fully saturated rings. The monoisotopic (exact) mass is 394 g/mol. The van der Waals surface area contributed by atoms with Gasteiger partial charge in [0.15, 0.2) is 0 Å². The summed E-state index contributed by atoms with van der Waals surface area (Å²) in [6.45, 7) is 1.05. The lowest BCUT2D eigenvalue weighted by Crippen LogP contribution is -2.25. The van der Waals surface area contributed by atoms with Crippen molar-refractivity contribution in [2.45, 2.75) is 19.3 Å². The number of halogens is 1. The average Bonchev–Trinajstić information content (AvgIpc) is 2.66. The van der Waals surface area contributed by atoms with E-state index in [-0.39, 0.29) is 18.3 Å². The zero-order valence-corrected chi connectivity index (χ0v) is 16.5. The molecule has 0 spiro atoms. The van der Waals surface area contributed by atoms with Gasteiger partial charge in [-0.05, 0) is 24.5 Å². The molecular formula is C20H27ClN2O4. The van der Waals surface area contributed by atoms with Crippen molar-refractivity contribution in [1.82, 2.24) is 5.32 Å². The van der Waals surface area contributed by atoms with Gasteiger partial charge in [-0.25, -0.2) is 0 Å². The molecule has 2 aromatic carbocycles. The molecule has 0 unspecified atom stereocenters. The predicted octanol–water partition coefficient (Wildman–Crippen LogP) is 3.23. The zero-order chi connectivity index (χ0) is 18.8. The van der Waals surface area contributed by atoms with Gasteiger partial charge >= 0.3 is 0 Å². The van der Waals surface area contributed by atoms with Crippen LogP contribution in [-0.2, 0) is 11.2 Å². The number of nitrogens with one attached hydrogen (secondary N) is 1. The smallest absolute Gasteiger partial charge is 0.220 e. The van der Waals surface area contributed by atoms with Crippen LogP contribution in [0.5, 0.6) is 17.2 Å². The van der Waals surface area contributed by atoms with Gasteiger partial charge in [-0.1, -0.05) is 18.2 Å². The van der Waals surface area contributed by atoms with Crippen molar-refractivity contribution in [3.05, 3.63) is 48.0 Å². The number of benzene rings is 2. The molecule has 0 heterocycles. The topological polar surface area (TPSA) is 82.8 Å². The Kier molecular flexibility index (Phi) is 9.90. The molecule has 0 saturated heterocycles. The highest BCUT2D eigenvalue weighted by Crippen LogP contribution is 2.27. The summed E-state index contributed by atoms with van der Waals surface area (Å²) < 4.78 is 16.1. The third-order valence-corrected chi connectivity index (χ3v) is 3.91. The van der Waals surface area contributed by atoms with E-state index in [9.17, 15) is 4.79 Å². The lowest BCUT2D eigenvalue weighted by molar-refractivity contribution is -0.121. The average molecular weight is 395 g/mol.